The largest absolute Gasteiger partial charge is 0.497 e. The number of benzene rings is 2. The van der Waals surface area contributed by atoms with Crippen molar-refractivity contribution in [3.05, 3.63) is 47.5 Å². The number of ether oxygens (including phenoxy) is 2. The molecule has 1 aliphatic rings. The molecule has 2 amide bonds. The Bertz CT molecular complexity index is 878. The number of hydrogen-bond acceptors (Lipinski definition) is 4. The molecule has 6 heteroatoms. The molecule has 1 N–H and O–H groups in total. The quantitative estimate of drug-likeness (QED) is 0.879. The van der Waals surface area contributed by atoms with Crippen LogP contribution in [0.5, 0.6) is 11.5 Å². The molecule has 3 rings (SSSR count). The maximum atomic E-state index is 12.7. The van der Waals surface area contributed by atoms with E-state index < -0.39 is 5.92 Å². The fraction of sp³-hybridized carbons (Fsp3) is 0.333. The molecule has 0 aliphatic carbocycles. The predicted molar refractivity (Wildman–Crippen MR) is 105 cm³/mol. The smallest absolute Gasteiger partial charge is 0.229 e. The number of aryl methyl sites for hydroxylation is 2. The molecule has 1 fully saturated rings. The second-order valence-electron chi connectivity index (χ2n) is 6.73. The number of amides is 2. The van der Waals surface area contributed by atoms with Crippen LogP contribution in [0, 0.1) is 19.8 Å². The highest BCUT2D eigenvalue weighted by Crippen LogP contribution is 2.36. The highest BCUT2D eigenvalue weighted by Gasteiger charge is 2.36. The molecule has 1 saturated heterocycles. The lowest BCUT2D eigenvalue weighted by atomic mass is 10.1. The second-order valence-corrected chi connectivity index (χ2v) is 6.73. The summed E-state index contributed by atoms with van der Waals surface area (Å²) in [6, 6.07) is 11.1. The Hall–Kier alpha value is -3.02. The van der Waals surface area contributed by atoms with Gasteiger partial charge in [0.2, 0.25) is 11.8 Å². The van der Waals surface area contributed by atoms with E-state index >= 15 is 0 Å². The van der Waals surface area contributed by atoms with Crippen LogP contribution < -0.4 is 19.7 Å². The van der Waals surface area contributed by atoms with Crippen molar-refractivity contribution in [2.75, 3.05) is 31.0 Å². The molecule has 0 spiro atoms. The predicted octanol–water partition coefficient (Wildman–Crippen LogP) is 3.31. The van der Waals surface area contributed by atoms with E-state index in [0.717, 1.165) is 11.3 Å². The Morgan fingerprint density at radius 1 is 1.07 bits per heavy atom. The first-order valence-electron chi connectivity index (χ1n) is 8.83. The van der Waals surface area contributed by atoms with E-state index in [0.29, 0.717) is 23.7 Å². The van der Waals surface area contributed by atoms with Gasteiger partial charge < -0.3 is 19.7 Å². The van der Waals surface area contributed by atoms with Crippen LogP contribution in [0.1, 0.15) is 17.5 Å². The van der Waals surface area contributed by atoms with Crippen LogP contribution >= 0.6 is 0 Å². The Morgan fingerprint density at radius 3 is 2.52 bits per heavy atom. The van der Waals surface area contributed by atoms with E-state index in [1.165, 1.54) is 5.56 Å². The van der Waals surface area contributed by atoms with Gasteiger partial charge in [0.25, 0.3) is 0 Å². The summed E-state index contributed by atoms with van der Waals surface area (Å²) in [5.74, 6) is 0.508. The van der Waals surface area contributed by atoms with Gasteiger partial charge in [-0.05, 0) is 49.2 Å². The minimum Gasteiger partial charge on any atom is -0.497 e. The van der Waals surface area contributed by atoms with Crippen LogP contribution in [0.2, 0.25) is 0 Å². The summed E-state index contributed by atoms with van der Waals surface area (Å²) in [4.78, 5) is 26.8. The summed E-state index contributed by atoms with van der Waals surface area (Å²) in [6.45, 7) is 4.33. The molecule has 0 bridgehead atoms. The van der Waals surface area contributed by atoms with Crippen molar-refractivity contribution in [2.45, 2.75) is 20.3 Å². The standard InChI is InChI=1S/C21H24N2O4/c1-13-5-6-16(9-14(13)2)22-21(25)15-10-20(24)23(12-15)18-11-17(26-3)7-8-19(18)27-4/h5-9,11,15H,10,12H2,1-4H3,(H,22,25)/t15-/m0/s1. The van der Waals surface area contributed by atoms with Gasteiger partial charge >= 0.3 is 0 Å². The van der Waals surface area contributed by atoms with Gasteiger partial charge in [0.15, 0.2) is 0 Å². The van der Waals surface area contributed by atoms with Crippen LogP contribution in [0.4, 0.5) is 11.4 Å². The minimum absolute atomic E-state index is 0.109. The van der Waals surface area contributed by atoms with Crippen molar-refractivity contribution in [3.63, 3.8) is 0 Å². The number of hydrogen-bond donors (Lipinski definition) is 1. The number of carbonyl (C=O) groups is 2. The Kier molecular flexibility index (Phi) is 5.35. The number of nitrogens with zero attached hydrogens (tertiary/aromatic N) is 1. The zero-order chi connectivity index (χ0) is 19.6. The third kappa shape index (κ3) is 3.89. The molecule has 142 valence electrons. The van der Waals surface area contributed by atoms with E-state index in [1.54, 1.807) is 37.3 Å². The van der Waals surface area contributed by atoms with Crippen molar-refractivity contribution < 1.29 is 19.1 Å². The Morgan fingerprint density at radius 2 is 1.85 bits per heavy atom. The highest BCUT2D eigenvalue weighted by atomic mass is 16.5. The van der Waals surface area contributed by atoms with E-state index in [-0.39, 0.29) is 18.2 Å². The summed E-state index contributed by atoms with van der Waals surface area (Å²) in [7, 11) is 3.12. The number of carbonyl (C=O) groups excluding carboxylic acids is 2. The van der Waals surface area contributed by atoms with Gasteiger partial charge in [-0.1, -0.05) is 6.07 Å². The summed E-state index contributed by atoms with van der Waals surface area (Å²) < 4.78 is 10.6. The molecular formula is C21H24N2O4. The Labute approximate surface area is 159 Å². The van der Waals surface area contributed by atoms with Crippen molar-refractivity contribution in [3.8, 4) is 11.5 Å². The van der Waals surface area contributed by atoms with Crippen molar-refractivity contribution in [1.29, 1.82) is 0 Å². The maximum Gasteiger partial charge on any atom is 0.229 e. The average molecular weight is 368 g/mol. The number of methoxy groups -OCH3 is 2. The van der Waals surface area contributed by atoms with E-state index in [1.807, 2.05) is 32.0 Å². The van der Waals surface area contributed by atoms with Crippen LogP contribution in [0.15, 0.2) is 36.4 Å². The third-order valence-electron chi connectivity index (χ3n) is 4.95. The zero-order valence-corrected chi connectivity index (χ0v) is 16.0. The first-order valence-corrected chi connectivity index (χ1v) is 8.83. The fourth-order valence-electron chi connectivity index (χ4n) is 3.19. The molecule has 1 atom stereocenters. The van der Waals surface area contributed by atoms with Gasteiger partial charge in [-0.25, -0.2) is 0 Å². The molecule has 2 aromatic rings. The minimum atomic E-state index is -0.421. The second kappa shape index (κ2) is 7.70. The number of anilines is 2. The van der Waals surface area contributed by atoms with Gasteiger partial charge in [-0.2, -0.15) is 0 Å². The van der Waals surface area contributed by atoms with Gasteiger partial charge in [0.05, 0.1) is 25.8 Å². The van der Waals surface area contributed by atoms with Gasteiger partial charge in [-0.3, -0.25) is 9.59 Å². The molecule has 0 unspecified atom stereocenters. The average Bonchev–Trinajstić information content (AvgIpc) is 3.06. The Balaban J connectivity index is 1.77. The summed E-state index contributed by atoms with van der Waals surface area (Å²) in [5, 5.41) is 2.92. The lowest BCUT2D eigenvalue weighted by molar-refractivity contribution is -0.122. The summed E-state index contributed by atoms with van der Waals surface area (Å²) >= 11 is 0. The topological polar surface area (TPSA) is 67.9 Å². The van der Waals surface area contributed by atoms with Crippen LogP contribution in [0.3, 0.4) is 0 Å². The maximum absolute atomic E-state index is 12.7. The molecule has 0 radical (unpaired) electrons. The molecule has 1 aliphatic heterocycles. The first-order chi connectivity index (χ1) is 12.9. The van der Waals surface area contributed by atoms with Gasteiger partial charge in [0, 0.05) is 24.7 Å². The molecule has 1 heterocycles. The zero-order valence-electron chi connectivity index (χ0n) is 16.0. The van der Waals surface area contributed by atoms with Crippen LogP contribution in [-0.2, 0) is 9.59 Å². The van der Waals surface area contributed by atoms with Crippen LogP contribution in [0.25, 0.3) is 0 Å². The first kappa shape index (κ1) is 18.8. The fourth-order valence-corrected chi connectivity index (χ4v) is 3.19. The number of rotatable bonds is 5. The molecule has 6 nitrogen and oxygen atoms in total. The monoisotopic (exact) mass is 368 g/mol. The third-order valence-corrected chi connectivity index (χ3v) is 4.95. The molecule has 0 saturated carbocycles. The molecule has 0 aromatic heterocycles. The van der Waals surface area contributed by atoms with Gasteiger partial charge in [0.1, 0.15) is 11.5 Å². The van der Waals surface area contributed by atoms with Crippen LogP contribution in [-0.4, -0.2) is 32.6 Å². The van der Waals surface area contributed by atoms with Gasteiger partial charge in [-0.15, -0.1) is 0 Å². The SMILES string of the molecule is COc1ccc(OC)c(N2C[C@@H](C(=O)Nc3ccc(C)c(C)c3)CC2=O)c1. The van der Waals surface area contributed by atoms with Crippen molar-refractivity contribution >= 4 is 23.2 Å². The molecule has 2 aromatic carbocycles. The van der Waals surface area contributed by atoms with Crippen molar-refractivity contribution in [2.24, 2.45) is 5.92 Å². The summed E-state index contributed by atoms with van der Waals surface area (Å²) in [6.07, 6.45) is 0.164. The lowest BCUT2D eigenvalue weighted by Crippen LogP contribution is -2.28. The van der Waals surface area contributed by atoms with E-state index in [9.17, 15) is 9.59 Å². The molecular weight excluding hydrogens is 344 g/mol. The lowest BCUT2D eigenvalue weighted by Gasteiger charge is -2.20. The van der Waals surface area contributed by atoms with E-state index in [4.69, 9.17) is 9.47 Å². The summed E-state index contributed by atoms with van der Waals surface area (Å²) in [5.41, 5.74) is 3.63. The number of nitrogens with one attached hydrogen (secondary N) is 1. The highest BCUT2D eigenvalue weighted by molar-refractivity contribution is 6.04. The van der Waals surface area contributed by atoms with E-state index in [2.05, 4.69) is 5.32 Å². The van der Waals surface area contributed by atoms with Crippen molar-refractivity contribution in [1.82, 2.24) is 0 Å². The normalized spacial score (nSPS) is 16.4. The molecule has 27 heavy (non-hydrogen) atoms.